The fraction of sp³-hybridized carbons (Fsp3) is 0.476. The Kier molecular flexibility index (Phi) is 5.55. The average molecular weight is 352 g/mol. The lowest BCUT2D eigenvalue weighted by Gasteiger charge is -2.14. The second-order valence-electron chi connectivity index (χ2n) is 7.18. The van der Waals surface area contributed by atoms with Crippen LogP contribution in [0.1, 0.15) is 52.5 Å². The number of aryl methyl sites for hydroxylation is 3. The van der Waals surface area contributed by atoms with Gasteiger partial charge in [0, 0.05) is 24.8 Å². The molecule has 0 radical (unpaired) electrons. The highest BCUT2D eigenvalue weighted by Crippen LogP contribution is 2.25. The normalized spacial score (nSPS) is 13.8. The molecule has 138 valence electrons. The van der Waals surface area contributed by atoms with E-state index in [2.05, 4.69) is 17.0 Å². The van der Waals surface area contributed by atoms with Gasteiger partial charge in [-0.25, -0.2) is 4.99 Å². The number of ketones is 1. The van der Waals surface area contributed by atoms with Gasteiger partial charge < -0.3 is 4.90 Å². The van der Waals surface area contributed by atoms with E-state index in [0.717, 1.165) is 41.8 Å². The Morgan fingerprint density at radius 2 is 2.04 bits per heavy atom. The molecule has 0 spiro atoms. The molecule has 0 aliphatic heterocycles. The minimum atomic E-state index is 0.114. The quantitative estimate of drug-likeness (QED) is 0.450. The number of carbonyl (C=O) groups excluding carboxylic acids is 1. The van der Waals surface area contributed by atoms with Gasteiger partial charge in [-0.3, -0.25) is 9.48 Å². The fourth-order valence-corrected chi connectivity index (χ4v) is 3.40. The smallest absolute Gasteiger partial charge is 0.184 e. The van der Waals surface area contributed by atoms with Crippen LogP contribution >= 0.6 is 0 Å². The molecule has 0 fully saturated rings. The molecule has 0 amide bonds. The third-order valence-corrected chi connectivity index (χ3v) is 5.17. The van der Waals surface area contributed by atoms with Crippen molar-refractivity contribution in [2.24, 2.45) is 4.99 Å². The van der Waals surface area contributed by atoms with E-state index < -0.39 is 0 Å². The number of carbonyl (C=O) groups is 1. The van der Waals surface area contributed by atoms with Crippen molar-refractivity contribution in [3.05, 3.63) is 46.3 Å². The van der Waals surface area contributed by atoms with Gasteiger partial charge in [-0.2, -0.15) is 5.10 Å². The summed E-state index contributed by atoms with van der Waals surface area (Å²) in [6.07, 6.45) is 8.28. The van der Waals surface area contributed by atoms with Crippen LogP contribution in [-0.2, 0) is 19.4 Å². The maximum atomic E-state index is 12.9. The summed E-state index contributed by atoms with van der Waals surface area (Å²) < 4.78 is 1.90. The summed E-state index contributed by atoms with van der Waals surface area (Å²) in [6.45, 7) is 7.29. The van der Waals surface area contributed by atoms with Crippen molar-refractivity contribution in [3.8, 4) is 0 Å². The first kappa shape index (κ1) is 18.4. The monoisotopic (exact) mass is 352 g/mol. The average Bonchev–Trinajstić information content (AvgIpc) is 3.04. The summed E-state index contributed by atoms with van der Waals surface area (Å²) in [4.78, 5) is 19.5. The number of aliphatic imine (C=N–C) groups is 1. The molecule has 2 aromatic rings. The van der Waals surface area contributed by atoms with E-state index in [1.165, 1.54) is 24.1 Å². The standard InChI is InChI=1S/C21H28N4O/c1-5-24(4)14-22-19-11-15(2)18(10-16(19)3)21(26)13-25-20-9-7-6-8-17(20)12-23-25/h10-12,14H,5-9,13H2,1-4H3/b22-14-. The van der Waals surface area contributed by atoms with Crippen LogP contribution < -0.4 is 0 Å². The molecule has 26 heavy (non-hydrogen) atoms. The number of nitrogens with zero attached hydrogens (tertiary/aromatic N) is 4. The predicted molar refractivity (Wildman–Crippen MR) is 106 cm³/mol. The number of rotatable bonds is 6. The van der Waals surface area contributed by atoms with E-state index in [1.54, 1.807) is 0 Å². The Labute approximate surface area is 155 Å². The van der Waals surface area contributed by atoms with Crippen molar-refractivity contribution in [2.45, 2.75) is 53.0 Å². The molecular formula is C21H28N4O. The molecule has 5 nitrogen and oxygen atoms in total. The van der Waals surface area contributed by atoms with Crippen molar-refractivity contribution in [1.29, 1.82) is 0 Å². The molecule has 5 heteroatoms. The molecule has 0 atom stereocenters. The molecule has 0 saturated heterocycles. The Bertz CT molecular complexity index is 835. The number of aromatic nitrogens is 2. The zero-order valence-electron chi connectivity index (χ0n) is 16.2. The fourth-order valence-electron chi connectivity index (χ4n) is 3.40. The molecule has 0 bridgehead atoms. The van der Waals surface area contributed by atoms with Crippen LogP contribution in [0.2, 0.25) is 0 Å². The summed E-state index contributed by atoms with van der Waals surface area (Å²) in [6, 6.07) is 3.97. The maximum Gasteiger partial charge on any atom is 0.184 e. The number of hydrogen-bond acceptors (Lipinski definition) is 3. The molecule has 1 aromatic carbocycles. The number of hydrogen-bond donors (Lipinski definition) is 0. The Morgan fingerprint density at radius 1 is 1.27 bits per heavy atom. The van der Waals surface area contributed by atoms with Crippen molar-refractivity contribution < 1.29 is 4.79 Å². The summed E-state index contributed by atoms with van der Waals surface area (Å²) in [5.41, 5.74) is 6.21. The Balaban J connectivity index is 1.80. The van der Waals surface area contributed by atoms with Crippen LogP contribution in [0.3, 0.4) is 0 Å². The SMILES string of the molecule is CCN(C)/C=N\c1cc(C)c(C(=O)Cn2ncc3c2CCCC3)cc1C. The third-order valence-electron chi connectivity index (χ3n) is 5.17. The lowest BCUT2D eigenvalue weighted by molar-refractivity contribution is 0.0965. The second-order valence-corrected chi connectivity index (χ2v) is 7.18. The first-order valence-electron chi connectivity index (χ1n) is 9.42. The highest BCUT2D eigenvalue weighted by Gasteiger charge is 2.18. The van der Waals surface area contributed by atoms with E-state index in [9.17, 15) is 4.79 Å². The third kappa shape index (κ3) is 3.87. The summed E-state index contributed by atoms with van der Waals surface area (Å²) in [5, 5.41) is 4.46. The van der Waals surface area contributed by atoms with Gasteiger partial charge in [0.25, 0.3) is 0 Å². The van der Waals surface area contributed by atoms with E-state index in [0.29, 0.717) is 6.54 Å². The van der Waals surface area contributed by atoms with Crippen molar-refractivity contribution in [1.82, 2.24) is 14.7 Å². The van der Waals surface area contributed by atoms with Crippen LogP contribution in [0.15, 0.2) is 23.3 Å². The lowest BCUT2D eigenvalue weighted by atomic mass is 9.97. The van der Waals surface area contributed by atoms with E-state index >= 15 is 0 Å². The summed E-state index contributed by atoms with van der Waals surface area (Å²) in [5.74, 6) is 0.114. The number of Topliss-reactive ketones (excluding diaryl/α,β-unsaturated/α-hetero) is 1. The molecule has 1 aliphatic rings. The maximum absolute atomic E-state index is 12.9. The van der Waals surface area contributed by atoms with Crippen molar-refractivity contribution in [3.63, 3.8) is 0 Å². The van der Waals surface area contributed by atoms with Gasteiger partial charge >= 0.3 is 0 Å². The minimum absolute atomic E-state index is 0.114. The largest absolute Gasteiger partial charge is 0.366 e. The van der Waals surface area contributed by atoms with Crippen LogP contribution in [-0.4, -0.2) is 40.4 Å². The molecule has 0 N–H and O–H groups in total. The lowest BCUT2D eigenvalue weighted by Crippen LogP contribution is -2.17. The van der Waals surface area contributed by atoms with Gasteiger partial charge in [0.05, 0.1) is 18.2 Å². The van der Waals surface area contributed by atoms with Crippen molar-refractivity contribution in [2.75, 3.05) is 13.6 Å². The predicted octanol–water partition coefficient (Wildman–Crippen LogP) is 3.87. The number of benzene rings is 1. The van der Waals surface area contributed by atoms with Crippen molar-refractivity contribution >= 4 is 17.8 Å². The van der Waals surface area contributed by atoms with Gasteiger partial charge in [0.15, 0.2) is 5.78 Å². The Morgan fingerprint density at radius 3 is 2.81 bits per heavy atom. The highest BCUT2D eigenvalue weighted by molar-refractivity contribution is 5.98. The van der Waals surface area contributed by atoms with Gasteiger partial charge in [0.2, 0.25) is 0 Å². The first-order valence-corrected chi connectivity index (χ1v) is 9.42. The zero-order chi connectivity index (χ0) is 18.7. The highest BCUT2D eigenvalue weighted by atomic mass is 16.1. The van der Waals surface area contributed by atoms with Gasteiger partial charge in [-0.15, -0.1) is 0 Å². The first-order chi connectivity index (χ1) is 12.5. The van der Waals surface area contributed by atoms with Gasteiger partial charge in [-0.1, -0.05) is 0 Å². The van der Waals surface area contributed by atoms with Gasteiger partial charge in [-0.05, 0) is 75.3 Å². The van der Waals surface area contributed by atoms with E-state index in [-0.39, 0.29) is 5.78 Å². The molecule has 0 unspecified atom stereocenters. The van der Waals surface area contributed by atoms with Crippen LogP contribution in [0.4, 0.5) is 5.69 Å². The van der Waals surface area contributed by atoms with Crippen LogP contribution in [0.5, 0.6) is 0 Å². The van der Waals surface area contributed by atoms with E-state index in [4.69, 9.17) is 0 Å². The molecule has 1 aliphatic carbocycles. The summed E-state index contributed by atoms with van der Waals surface area (Å²) in [7, 11) is 1.99. The van der Waals surface area contributed by atoms with Gasteiger partial charge in [0.1, 0.15) is 6.54 Å². The molecule has 1 heterocycles. The summed E-state index contributed by atoms with van der Waals surface area (Å²) >= 11 is 0. The number of fused-ring (bicyclic) bond motifs is 1. The second kappa shape index (κ2) is 7.85. The Hall–Kier alpha value is -2.43. The minimum Gasteiger partial charge on any atom is -0.366 e. The topological polar surface area (TPSA) is 50.5 Å². The molecule has 1 aromatic heterocycles. The van der Waals surface area contributed by atoms with E-state index in [1.807, 2.05) is 55.1 Å². The van der Waals surface area contributed by atoms with Crippen LogP contribution in [0.25, 0.3) is 0 Å². The molecule has 0 saturated carbocycles. The zero-order valence-corrected chi connectivity index (χ0v) is 16.2. The van der Waals surface area contributed by atoms with Crippen LogP contribution in [0, 0.1) is 13.8 Å². The molecule has 3 rings (SSSR count). The molecular weight excluding hydrogens is 324 g/mol.